The molecule has 0 saturated heterocycles. The van der Waals surface area contributed by atoms with Crippen LogP contribution in [-0.2, 0) is 4.79 Å². The Kier molecular flexibility index (Phi) is 2.53. The van der Waals surface area contributed by atoms with Crippen LogP contribution < -0.4 is 0 Å². The van der Waals surface area contributed by atoms with E-state index < -0.39 is 8.07 Å². The minimum absolute atomic E-state index is 0.503. The molecule has 0 aromatic carbocycles. The lowest BCUT2D eigenvalue weighted by Gasteiger charge is -2.31. The van der Waals surface area contributed by atoms with Crippen LogP contribution in [0, 0.1) is 0 Å². The van der Waals surface area contributed by atoms with E-state index in [4.69, 9.17) is 0 Å². The summed E-state index contributed by atoms with van der Waals surface area (Å²) in [5.41, 5.74) is 0.767. The van der Waals surface area contributed by atoms with Crippen molar-refractivity contribution in [1.82, 2.24) is 0 Å². The topological polar surface area (TPSA) is 17.1 Å². The van der Waals surface area contributed by atoms with E-state index >= 15 is 0 Å². The van der Waals surface area contributed by atoms with Gasteiger partial charge >= 0.3 is 0 Å². The Balaban J connectivity index is 2.53. The number of Topliss-reactive ketones (excluding diaryl/α,β-unsaturated/α-hetero) is 1. The van der Waals surface area contributed by atoms with Crippen LogP contribution in [0.4, 0.5) is 0 Å². The van der Waals surface area contributed by atoms with Crippen molar-refractivity contribution in [2.45, 2.75) is 50.9 Å². The molecule has 0 radical (unpaired) electrons. The molecule has 11 heavy (non-hydrogen) atoms. The van der Waals surface area contributed by atoms with Gasteiger partial charge in [0, 0.05) is 20.9 Å². The average Bonchev–Trinajstić information content (AvgIpc) is 1.86. The molecule has 1 nitrogen and oxygen atoms in total. The fraction of sp³-hybridized carbons (Fsp3) is 0.889. The van der Waals surface area contributed by atoms with Crippen LogP contribution in [-0.4, -0.2) is 13.9 Å². The van der Waals surface area contributed by atoms with E-state index in [1.54, 1.807) is 0 Å². The van der Waals surface area contributed by atoms with Gasteiger partial charge in [-0.1, -0.05) is 26.1 Å². The monoisotopic (exact) mass is 170 g/mol. The van der Waals surface area contributed by atoms with Crippen LogP contribution in [0.25, 0.3) is 0 Å². The van der Waals surface area contributed by atoms with Gasteiger partial charge in [0.2, 0.25) is 0 Å². The van der Waals surface area contributed by atoms with Gasteiger partial charge in [0.05, 0.1) is 0 Å². The predicted molar refractivity (Wildman–Crippen MR) is 50.6 cm³/mol. The summed E-state index contributed by atoms with van der Waals surface area (Å²) in [6, 6.07) is 0. The Morgan fingerprint density at radius 2 is 2.00 bits per heavy atom. The molecule has 0 unspecified atom stereocenters. The fourth-order valence-electron chi connectivity index (χ4n) is 1.76. The second-order valence-electron chi connectivity index (χ2n) is 4.70. The summed E-state index contributed by atoms with van der Waals surface area (Å²) < 4.78 is 0. The lowest BCUT2D eigenvalue weighted by Crippen LogP contribution is -2.32. The minimum atomic E-state index is -1.02. The molecule has 0 spiro atoms. The number of hydrogen-bond acceptors (Lipinski definition) is 1. The Labute approximate surface area is 70.2 Å². The Morgan fingerprint density at radius 3 is 2.36 bits per heavy atom. The van der Waals surface area contributed by atoms with Gasteiger partial charge in [-0.15, -0.1) is 0 Å². The summed E-state index contributed by atoms with van der Waals surface area (Å²) in [6.07, 6.45) is 4.19. The first-order chi connectivity index (χ1) is 5.00. The van der Waals surface area contributed by atoms with Crippen LogP contribution >= 0.6 is 0 Å². The number of hydrogen-bond donors (Lipinski definition) is 0. The quantitative estimate of drug-likeness (QED) is 0.553. The highest BCUT2D eigenvalue weighted by Gasteiger charge is 2.30. The molecule has 64 valence electrons. The van der Waals surface area contributed by atoms with Gasteiger partial charge in [-0.25, -0.2) is 0 Å². The molecule has 1 aliphatic rings. The van der Waals surface area contributed by atoms with Crippen LogP contribution in [0.1, 0.15) is 25.7 Å². The first-order valence-corrected chi connectivity index (χ1v) is 8.09. The Morgan fingerprint density at radius 1 is 1.36 bits per heavy atom. The van der Waals surface area contributed by atoms with Gasteiger partial charge < -0.3 is 0 Å². The second kappa shape index (κ2) is 3.09. The van der Waals surface area contributed by atoms with Gasteiger partial charge in [0.25, 0.3) is 0 Å². The number of rotatable bonds is 1. The molecule has 2 heteroatoms. The normalized spacial score (nSPS) is 27.2. The van der Waals surface area contributed by atoms with E-state index in [1.165, 1.54) is 6.42 Å². The predicted octanol–water partition coefficient (Wildman–Crippen LogP) is 2.84. The summed E-state index contributed by atoms with van der Waals surface area (Å²) >= 11 is 0. The molecule has 0 aliphatic heterocycles. The van der Waals surface area contributed by atoms with Gasteiger partial charge in [-0.2, -0.15) is 0 Å². The molecular weight excluding hydrogens is 152 g/mol. The van der Waals surface area contributed by atoms with Crippen molar-refractivity contribution in [2.24, 2.45) is 0 Å². The van der Waals surface area contributed by atoms with Gasteiger partial charge in [-0.05, 0) is 12.0 Å². The highest BCUT2D eigenvalue weighted by molar-refractivity contribution is 6.77. The minimum Gasteiger partial charge on any atom is -0.300 e. The number of carbonyl (C=O) groups excluding carboxylic acids is 1. The fourth-order valence-corrected chi connectivity index (χ4v) is 3.67. The molecule has 1 atom stereocenters. The third-order valence-electron chi connectivity index (χ3n) is 2.71. The van der Waals surface area contributed by atoms with Crippen LogP contribution in [0.3, 0.4) is 0 Å². The first-order valence-electron chi connectivity index (χ1n) is 4.52. The molecule has 1 rings (SSSR count). The summed E-state index contributed by atoms with van der Waals surface area (Å²) in [4.78, 5) is 11.1. The SMILES string of the molecule is C[Si](C)(C)[C@@H]1CCCC(=O)C1. The van der Waals surface area contributed by atoms with Crippen LogP contribution in [0.5, 0.6) is 0 Å². The molecule has 0 bridgehead atoms. The summed E-state index contributed by atoms with van der Waals surface area (Å²) in [5.74, 6) is 0.503. The van der Waals surface area contributed by atoms with Crippen LogP contribution in [0.2, 0.25) is 25.2 Å². The molecule has 0 aromatic heterocycles. The number of carbonyl (C=O) groups is 1. The zero-order valence-electron chi connectivity index (χ0n) is 7.81. The van der Waals surface area contributed by atoms with Crippen molar-refractivity contribution in [3.05, 3.63) is 0 Å². The largest absolute Gasteiger partial charge is 0.300 e. The van der Waals surface area contributed by atoms with Gasteiger partial charge in [-0.3, -0.25) is 4.79 Å². The maximum absolute atomic E-state index is 11.1. The molecule has 1 aliphatic carbocycles. The third kappa shape index (κ3) is 2.44. The van der Waals surface area contributed by atoms with Crippen molar-refractivity contribution in [1.29, 1.82) is 0 Å². The standard InChI is InChI=1S/C9H18OSi/c1-11(2,3)9-6-4-5-8(10)7-9/h9H,4-7H2,1-3H3/t9-/m1/s1. The van der Waals surface area contributed by atoms with Crippen molar-refractivity contribution < 1.29 is 4.79 Å². The van der Waals surface area contributed by atoms with Crippen molar-refractivity contribution in [3.63, 3.8) is 0 Å². The van der Waals surface area contributed by atoms with E-state index in [-0.39, 0.29) is 0 Å². The van der Waals surface area contributed by atoms with E-state index in [2.05, 4.69) is 19.6 Å². The van der Waals surface area contributed by atoms with Crippen LogP contribution in [0.15, 0.2) is 0 Å². The molecule has 0 amide bonds. The maximum Gasteiger partial charge on any atom is 0.132 e. The first kappa shape index (κ1) is 8.98. The summed E-state index contributed by atoms with van der Waals surface area (Å²) in [7, 11) is -1.02. The van der Waals surface area contributed by atoms with E-state index in [1.807, 2.05) is 0 Å². The van der Waals surface area contributed by atoms with Crippen molar-refractivity contribution >= 4 is 13.9 Å². The Bertz CT molecular complexity index is 157. The van der Waals surface area contributed by atoms with Gasteiger partial charge in [0.1, 0.15) is 5.78 Å². The van der Waals surface area contributed by atoms with E-state index in [0.29, 0.717) is 5.78 Å². The molecule has 1 fully saturated rings. The molecule has 0 aromatic rings. The molecular formula is C9H18OSi. The second-order valence-corrected chi connectivity index (χ2v) is 10.2. The zero-order chi connectivity index (χ0) is 8.48. The highest BCUT2D eigenvalue weighted by atomic mass is 28.3. The van der Waals surface area contributed by atoms with Crippen molar-refractivity contribution in [3.8, 4) is 0 Å². The van der Waals surface area contributed by atoms with E-state index in [9.17, 15) is 4.79 Å². The lowest BCUT2D eigenvalue weighted by atomic mass is 9.99. The molecule has 1 saturated carbocycles. The molecule has 0 N–H and O–H groups in total. The maximum atomic E-state index is 11.1. The van der Waals surface area contributed by atoms with Crippen molar-refractivity contribution in [2.75, 3.05) is 0 Å². The highest BCUT2D eigenvalue weighted by Crippen LogP contribution is 2.34. The smallest absolute Gasteiger partial charge is 0.132 e. The summed E-state index contributed by atoms with van der Waals surface area (Å²) in [6.45, 7) is 7.11. The number of ketones is 1. The van der Waals surface area contributed by atoms with E-state index in [0.717, 1.165) is 24.8 Å². The Hall–Kier alpha value is -0.113. The average molecular weight is 170 g/mol. The zero-order valence-corrected chi connectivity index (χ0v) is 8.81. The molecule has 0 heterocycles. The lowest BCUT2D eigenvalue weighted by molar-refractivity contribution is -0.120. The van der Waals surface area contributed by atoms with Gasteiger partial charge in [0.15, 0.2) is 0 Å². The third-order valence-corrected chi connectivity index (χ3v) is 5.65. The summed E-state index contributed by atoms with van der Waals surface area (Å²) in [5, 5.41) is 0.